The first-order valence-corrected chi connectivity index (χ1v) is 11.7. The van der Waals surface area contributed by atoms with E-state index in [4.69, 9.17) is 8.60 Å². The van der Waals surface area contributed by atoms with E-state index >= 15 is 0 Å². The van der Waals surface area contributed by atoms with Crippen LogP contribution in [0.2, 0.25) is 0 Å². The van der Waals surface area contributed by atoms with Gasteiger partial charge in [0.2, 0.25) is 0 Å². The standard InChI is InChI=1S/C24H38O4.Co.Li.O/c1-3-5-7-9-11-13-16-20-17-15-18-21(22(20)23(25)26)24(27)28-19-14-12-10-8-6-4-2;;;/h15,17-18H,3-14,16,19H2,1-2H3,(H,25,26);;;/q;;+1;/p-1. The molecule has 0 aliphatic heterocycles. The van der Waals surface area contributed by atoms with Crippen LogP contribution in [0.25, 0.3) is 0 Å². The Morgan fingerprint density at radius 2 is 1.35 bits per heavy atom. The Morgan fingerprint density at radius 1 is 0.839 bits per heavy atom. The summed E-state index contributed by atoms with van der Waals surface area (Å²) in [4.78, 5) is 24.1. The van der Waals surface area contributed by atoms with E-state index in [9.17, 15) is 14.7 Å². The van der Waals surface area contributed by atoms with Gasteiger partial charge in [0.25, 0.3) is 0 Å². The summed E-state index contributed by atoms with van der Waals surface area (Å²) in [5.41, 5.74) is 0.794. The maximum atomic E-state index is 12.4. The van der Waals surface area contributed by atoms with Crippen molar-refractivity contribution in [3.8, 4) is 0 Å². The number of hydrogen-bond acceptors (Lipinski definition) is 5. The molecule has 7 heteroatoms. The number of rotatable bonds is 16. The number of benzene rings is 1. The van der Waals surface area contributed by atoms with Crippen molar-refractivity contribution in [1.29, 1.82) is 0 Å². The molecule has 1 rings (SSSR count). The van der Waals surface area contributed by atoms with Crippen LogP contribution < -0.4 is 24.0 Å². The quantitative estimate of drug-likeness (QED) is 0.210. The average molecular weight is 471 g/mol. The van der Waals surface area contributed by atoms with Crippen LogP contribution in [0.3, 0.4) is 0 Å². The number of esters is 1. The Hall–Kier alpha value is -0.936. The van der Waals surface area contributed by atoms with Crippen molar-refractivity contribution >= 4 is 11.9 Å². The second-order valence-corrected chi connectivity index (χ2v) is 7.55. The molecular weight excluding hydrogens is 434 g/mol. The van der Waals surface area contributed by atoms with E-state index in [2.05, 4.69) is 29.5 Å². The second kappa shape index (κ2) is 22.3. The number of aromatic carboxylic acids is 1. The van der Waals surface area contributed by atoms with Crippen LogP contribution in [0, 0.1) is 0 Å². The molecule has 0 aliphatic rings. The Labute approximate surface area is 208 Å². The number of carboxylic acid groups (broad SMARTS) is 1. The zero-order valence-electron chi connectivity index (χ0n) is 19.5. The molecule has 0 aliphatic carbocycles. The minimum atomic E-state index is -1.30. The van der Waals surface area contributed by atoms with Crippen molar-refractivity contribution in [1.82, 2.24) is 0 Å². The van der Waals surface area contributed by atoms with Crippen molar-refractivity contribution in [2.45, 2.75) is 97.3 Å². The molecule has 0 radical (unpaired) electrons. The fraction of sp³-hybridized carbons (Fsp3) is 0.667. The number of carbonyl (C=O) groups excluding carboxylic acids is 2. The van der Waals surface area contributed by atoms with Crippen LogP contribution in [0.5, 0.6) is 0 Å². The van der Waals surface area contributed by atoms with Crippen molar-refractivity contribution in [3.63, 3.8) is 0 Å². The average Bonchev–Trinajstić information content (AvgIpc) is 2.76. The Bertz CT molecular complexity index is 610. The Morgan fingerprint density at radius 3 is 1.90 bits per heavy atom. The molecule has 0 saturated heterocycles. The normalized spacial score (nSPS) is 9.90. The Kier molecular flexibility index (Phi) is 23.2. The van der Waals surface area contributed by atoms with Crippen LogP contribution in [0.15, 0.2) is 18.2 Å². The zero-order valence-corrected chi connectivity index (χ0v) is 20.5. The van der Waals surface area contributed by atoms with E-state index in [0.717, 1.165) is 38.5 Å². The van der Waals surface area contributed by atoms with E-state index in [1.807, 2.05) is 0 Å². The molecule has 31 heavy (non-hydrogen) atoms. The first-order valence-electron chi connectivity index (χ1n) is 11.3. The van der Waals surface area contributed by atoms with E-state index in [1.54, 1.807) is 12.1 Å². The molecule has 0 bridgehead atoms. The fourth-order valence-electron chi connectivity index (χ4n) is 3.44. The number of aryl methyl sites for hydroxylation is 1. The van der Waals surface area contributed by atoms with Crippen LogP contribution in [-0.2, 0) is 30.7 Å². The summed E-state index contributed by atoms with van der Waals surface area (Å²) in [5, 5.41) is 11.7. The van der Waals surface area contributed by atoms with Crippen molar-refractivity contribution in [2.75, 3.05) is 6.61 Å². The van der Waals surface area contributed by atoms with Gasteiger partial charge in [-0.2, -0.15) is 0 Å². The van der Waals surface area contributed by atoms with Gasteiger partial charge in [0.05, 0.1) is 18.1 Å². The van der Waals surface area contributed by atoms with Gasteiger partial charge in [-0.25, -0.2) is 4.79 Å². The monoisotopic (exact) mass is 471 g/mol. The number of unbranched alkanes of at least 4 members (excludes halogenated alkanes) is 10. The summed E-state index contributed by atoms with van der Waals surface area (Å²) < 4.78 is 13.3. The fourth-order valence-corrected chi connectivity index (χ4v) is 3.44. The summed E-state index contributed by atoms with van der Waals surface area (Å²) >= 11 is 2.31. The molecule has 0 unspecified atom stereocenters. The van der Waals surface area contributed by atoms with Crippen LogP contribution in [-0.4, -0.2) is 18.5 Å². The van der Waals surface area contributed by atoms with Gasteiger partial charge in [-0.05, 0) is 30.9 Å². The molecule has 0 atom stereocenters. The van der Waals surface area contributed by atoms with E-state index in [1.165, 1.54) is 44.6 Å². The van der Waals surface area contributed by atoms with Gasteiger partial charge in [0, 0.05) is 5.56 Å². The van der Waals surface area contributed by atoms with Gasteiger partial charge < -0.3 is 14.6 Å². The summed E-state index contributed by atoms with van der Waals surface area (Å²) in [7, 11) is 0. The minimum absolute atomic E-state index is 0. The number of carbonyl (C=O) groups is 2. The third-order valence-electron chi connectivity index (χ3n) is 5.11. The zero-order chi connectivity index (χ0) is 22.6. The number of carboxylic acids is 1. The summed E-state index contributed by atoms with van der Waals surface area (Å²) in [6.07, 6.45) is 14.1. The first kappa shape index (κ1) is 32.2. The molecule has 0 heterocycles. The number of ether oxygens (including phenoxy) is 1. The van der Waals surface area contributed by atoms with Crippen LogP contribution in [0.1, 0.15) is 117 Å². The molecule has 0 amide bonds. The van der Waals surface area contributed by atoms with Crippen molar-refractivity contribution in [2.24, 2.45) is 0 Å². The van der Waals surface area contributed by atoms with Crippen LogP contribution in [0.4, 0.5) is 0 Å². The van der Waals surface area contributed by atoms with Gasteiger partial charge in [-0.3, -0.25) is 0 Å². The molecule has 1 aromatic rings. The van der Waals surface area contributed by atoms with Crippen LogP contribution >= 0.6 is 0 Å². The number of hydrogen-bond donors (Lipinski definition) is 0. The molecule has 1 aromatic carbocycles. The Balaban J connectivity index is 0. The molecule has 173 valence electrons. The molecule has 0 N–H and O–H groups in total. The third kappa shape index (κ3) is 14.7. The predicted octanol–water partition coefficient (Wildman–Crippen LogP) is 2.35. The summed E-state index contributed by atoms with van der Waals surface area (Å²) in [6, 6.07) is 5.04. The van der Waals surface area contributed by atoms with E-state index in [0.29, 0.717) is 18.6 Å². The van der Waals surface area contributed by atoms with Gasteiger partial charge in [-0.15, -0.1) is 0 Å². The van der Waals surface area contributed by atoms with Gasteiger partial charge in [0.15, 0.2) is 0 Å². The molecule has 0 saturated carbocycles. The van der Waals surface area contributed by atoms with Crippen molar-refractivity contribution < 1.29 is 57.8 Å². The topological polar surface area (TPSA) is 83.5 Å². The van der Waals surface area contributed by atoms with Crippen molar-refractivity contribution in [3.05, 3.63) is 34.9 Å². The molecule has 0 spiro atoms. The van der Waals surface area contributed by atoms with Gasteiger partial charge in [0.1, 0.15) is 0 Å². The van der Waals surface area contributed by atoms with Gasteiger partial charge >= 0.3 is 44.4 Å². The van der Waals surface area contributed by atoms with E-state index < -0.39 is 11.9 Å². The maximum absolute atomic E-state index is 12.4. The SMILES string of the molecule is CCCCCCCCOC(=O)c1cccc(CCCCCCCC)c1C(=O)[O-].[Li+].[O]=[Co]. The molecular formula is C24H37CoLiO5. The van der Waals surface area contributed by atoms with Gasteiger partial charge in [-0.1, -0.05) is 90.2 Å². The van der Waals surface area contributed by atoms with E-state index in [-0.39, 0.29) is 30.0 Å². The molecule has 0 aromatic heterocycles. The molecule has 5 nitrogen and oxygen atoms in total. The predicted molar refractivity (Wildman–Crippen MR) is 112 cm³/mol. The first-order chi connectivity index (χ1) is 14.6. The third-order valence-corrected chi connectivity index (χ3v) is 5.11. The summed E-state index contributed by atoms with van der Waals surface area (Å²) in [6.45, 7) is 4.69. The molecule has 0 fully saturated rings. The second-order valence-electron chi connectivity index (χ2n) is 7.55. The summed E-state index contributed by atoms with van der Waals surface area (Å²) in [5.74, 6) is -1.86.